The van der Waals surface area contributed by atoms with Crippen LogP contribution >= 0.6 is 11.6 Å². The molecule has 1 aliphatic carbocycles. The highest BCUT2D eigenvalue weighted by Gasteiger charge is 2.35. The van der Waals surface area contributed by atoms with Crippen LogP contribution in [0.3, 0.4) is 0 Å². The summed E-state index contributed by atoms with van der Waals surface area (Å²) in [7, 11) is 4.65. The van der Waals surface area contributed by atoms with Gasteiger partial charge in [0, 0.05) is 67.7 Å². The van der Waals surface area contributed by atoms with Gasteiger partial charge in [-0.25, -0.2) is 4.98 Å². The number of carbonyl (C=O) groups excluding carboxylic acids is 3. The van der Waals surface area contributed by atoms with E-state index in [4.69, 9.17) is 21.3 Å². The van der Waals surface area contributed by atoms with E-state index in [1.54, 1.807) is 20.2 Å². The number of nitrogens with zero attached hydrogens (tertiary/aromatic N) is 3. The van der Waals surface area contributed by atoms with Gasteiger partial charge in [0.25, 0.3) is 11.8 Å². The first-order valence-electron chi connectivity index (χ1n) is 15.7. The standard InChI is InChI=1S/C35H39ClN6O5/c1-18-14-20-15-27(40-33(47-5)29(20)31(18)37-16-21-12-13-28(43)38-21)24-10-6-9-23(30(24)36)22-8-7-11-26(19(22)2)39-32(44)25-17-41(3)35(46)42(4)34(25)45/h6-11,15,17-18,21,31,35,37,46H,12-14,16H2,1-5H3,(H,38,43)(H,39,44)/t18-,21-,31-,35?/m0/s1. The number of anilines is 1. The Kier molecular flexibility index (Phi) is 8.97. The van der Waals surface area contributed by atoms with E-state index in [9.17, 15) is 19.5 Å². The third-order valence-corrected chi connectivity index (χ3v) is 9.79. The summed E-state index contributed by atoms with van der Waals surface area (Å²) < 4.78 is 5.84. The van der Waals surface area contributed by atoms with E-state index in [0.29, 0.717) is 41.2 Å². The normalized spacial score (nSPS) is 22.2. The van der Waals surface area contributed by atoms with Gasteiger partial charge in [-0.05, 0) is 54.5 Å². The summed E-state index contributed by atoms with van der Waals surface area (Å²) in [4.78, 5) is 45.0. The molecule has 1 fully saturated rings. The summed E-state index contributed by atoms with van der Waals surface area (Å²) in [5.74, 6) is -0.199. The fourth-order valence-electron chi connectivity index (χ4n) is 6.77. The molecule has 0 bridgehead atoms. The van der Waals surface area contributed by atoms with E-state index in [-0.39, 0.29) is 23.6 Å². The molecule has 0 spiro atoms. The summed E-state index contributed by atoms with van der Waals surface area (Å²) in [6, 6.07) is 13.6. The second-order valence-electron chi connectivity index (χ2n) is 12.5. The fraction of sp³-hybridized carbons (Fsp3) is 0.371. The topological polar surface area (TPSA) is 136 Å². The maximum Gasteiger partial charge on any atom is 0.264 e. The molecule has 3 amide bonds. The number of ether oxygens (including phenoxy) is 1. The number of aromatic nitrogens is 1. The van der Waals surface area contributed by atoms with Gasteiger partial charge in [0.1, 0.15) is 5.57 Å². The molecule has 12 heteroatoms. The molecule has 1 unspecified atom stereocenters. The lowest BCUT2D eigenvalue weighted by Crippen LogP contribution is -2.51. The van der Waals surface area contributed by atoms with Crippen molar-refractivity contribution in [2.24, 2.45) is 5.92 Å². The summed E-state index contributed by atoms with van der Waals surface area (Å²) in [5.41, 5.74) is 6.42. The lowest BCUT2D eigenvalue weighted by molar-refractivity contribution is -0.149. The maximum absolute atomic E-state index is 13.2. The monoisotopic (exact) mass is 658 g/mol. The van der Waals surface area contributed by atoms with Crippen molar-refractivity contribution in [3.05, 3.63) is 76.0 Å². The number of aliphatic hydroxyl groups excluding tert-OH is 1. The molecular weight excluding hydrogens is 620 g/mol. The zero-order valence-electron chi connectivity index (χ0n) is 27.1. The average molecular weight is 659 g/mol. The molecule has 11 nitrogen and oxygen atoms in total. The molecule has 246 valence electrons. The van der Waals surface area contributed by atoms with E-state index in [1.165, 1.54) is 18.1 Å². The van der Waals surface area contributed by atoms with Crippen molar-refractivity contribution in [1.29, 1.82) is 0 Å². The molecule has 0 saturated carbocycles. The third-order valence-electron chi connectivity index (χ3n) is 9.38. The lowest BCUT2D eigenvalue weighted by atomic mass is 9.96. The molecule has 4 atom stereocenters. The summed E-state index contributed by atoms with van der Waals surface area (Å²) in [6.07, 6.45) is 2.43. The number of aliphatic hydroxyl groups is 1. The van der Waals surface area contributed by atoms with Crippen molar-refractivity contribution < 1.29 is 24.2 Å². The minimum atomic E-state index is -1.15. The van der Waals surface area contributed by atoms with Gasteiger partial charge in [0.05, 0.1) is 17.8 Å². The van der Waals surface area contributed by atoms with Crippen LogP contribution in [0, 0.1) is 12.8 Å². The van der Waals surface area contributed by atoms with Crippen LogP contribution in [0.25, 0.3) is 22.4 Å². The molecule has 1 aromatic heterocycles. The number of amides is 3. The van der Waals surface area contributed by atoms with Crippen LogP contribution in [0.2, 0.25) is 5.02 Å². The molecule has 4 N–H and O–H groups in total. The Labute approximate surface area is 278 Å². The van der Waals surface area contributed by atoms with E-state index >= 15 is 0 Å². The Morgan fingerprint density at radius 3 is 2.60 bits per heavy atom. The number of benzene rings is 2. The Morgan fingerprint density at radius 1 is 1.15 bits per heavy atom. The zero-order chi connectivity index (χ0) is 33.6. The van der Waals surface area contributed by atoms with Gasteiger partial charge in [-0.1, -0.05) is 48.9 Å². The van der Waals surface area contributed by atoms with E-state index in [2.05, 4.69) is 28.9 Å². The van der Waals surface area contributed by atoms with Gasteiger partial charge in [0.15, 0.2) is 0 Å². The highest BCUT2D eigenvalue weighted by molar-refractivity contribution is 6.36. The van der Waals surface area contributed by atoms with Crippen LogP contribution in [0.5, 0.6) is 5.88 Å². The van der Waals surface area contributed by atoms with Crippen LogP contribution in [0.1, 0.15) is 42.5 Å². The smallest absolute Gasteiger partial charge is 0.264 e. The molecule has 3 heterocycles. The Hall–Kier alpha value is -4.45. The quantitative estimate of drug-likeness (QED) is 0.267. The SMILES string of the molecule is COc1nc(-c2cccc(-c3cccc(NC(=O)C4=CN(C)C(O)N(C)C4=O)c3C)c2Cl)cc2c1[C@@H](NC[C@@H]1CCC(=O)N1)[C@@H](C)C2. The number of fused-ring (bicyclic) bond motifs is 1. The van der Waals surface area contributed by atoms with Gasteiger partial charge in [-0.3, -0.25) is 19.3 Å². The van der Waals surface area contributed by atoms with Crippen LogP contribution in [-0.2, 0) is 20.8 Å². The molecule has 47 heavy (non-hydrogen) atoms. The van der Waals surface area contributed by atoms with Crippen LogP contribution in [0.4, 0.5) is 5.69 Å². The molecule has 2 aliphatic heterocycles. The molecule has 3 aromatic rings. The number of likely N-dealkylation sites (N-methyl/N-ethyl adjacent to an activating group) is 1. The number of halogens is 1. The van der Waals surface area contributed by atoms with Crippen molar-refractivity contribution in [3.63, 3.8) is 0 Å². The van der Waals surface area contributed by atoms with E-state index < -0.39 is 18.2 Å². The highest BCUT2D eigenvalue weighted by Crippen LogP contribution is 2.45. The summed E-state index contributed by atoms with van der Waals surface area (Å²) in [6.45, 7) is 4.77. The van der Waals surface area contributed by atoms with Gasteiger partial charge in [-0.2, -0.15) is 0 Å². The number of methoxy groups -OCH3 is 1. The number of pyridine rings is 1. The summed E-state index contributed by atoms with van der Waals surface area (Å²) >= 11 is 7.13. The van der Waals surface area contributed by atoms with Crippen LogP contribution < -0.4 is 20.7 Å². The Balaban J connectivity index is 1.28. The van der Waals surface area contributed by atoms with Gasteiger partial charge < -0.3 is 30.7 Å². The first-order chi connectivity index (χ1) is 22.5. The first kappa shape index (κ1) is 32.5. The minimum Gasteiger partial charge on any atom is -0.481 e. The Morgan fingerprint density at radius 2 is 1.87 bits per heavy atom. The number of nitrogens with one attached hydrogen (secondary N) is 3. The maximum atomic E-state index is 13.2. The van der Waals surface area contributed by atoms with Crippen LogP contribution in [0.15, 0.2) is 54.2 Å². The fourth-order valence-corrected chi connectivity index (χ4v) is 7.09. The molecule has 3 aliphatic rings. The second kappa shape index (κ2) is 13.0. The number of carbonyl (C=O) groups is 3. The highest BCUT2D eigenvalue weighted by atomic mass is 35.5. The molecule has 6 rings (SSSR count). The molecule has 1 saturated heterocycles. The van der Waals surface area contributed by atoms with Gasteiger partial charge >= 0.3 is 0 Å². The van der Waals surface area contributed by atoms with E-state index in [0.717, 1.165) is 51.1 Å². The van der Waals surface area contributed by atoms with Crippen molar-refractivity contribution >= 4 is 35.0 Å². The third kappa shape index (κ3) is 6.06. The molecule has 0 radical (unpaired) electrons. The molecular formula is C35H39ClN6O5. The minimum absolute atomic E-state index is 0.0481. The zero-order valence-corrected chi connectivity index (χ0v) is 27.8. The van der Waals surface area contributed by atoms with Crippen molar-refractivity contribution in [1.82, 2.24) is 25.4 Å². The van der Waals surface area contributed by atoms with Crippen molar-refractivity contribution in [3.8, 4) is 28.3 Å². The van der Waals surface area contributed by atoms with Gasteiger partial charge in [-0.15, -0.1) is 0 Å². The number of hydrogen-bond acceptors (Lipinski definition) is 8. The molecule has 2 aromatic carbocycles. The van der Waals surface area contributed by atoms with Crippen LogP contribution in [-0.4, -0.2) is 77.8 Å². The van der Waals surface area contributed by atoms with E-state index in [1.807, 2.05) is 37.3 Å². The predicted molar refractivity (Wildman–Crippen MR) is 179 cm³/mol. The van der Waals surface area contributed by atoms with Gasteiger partial charge in [0.2, 0.25) is 18.1 Å². The Bertz CT molecular complexity index is 1790. The number of rotatable bonds is 8. The van der Waals surface area contributed by atoms with Crippen molar-refractivity contribution in [2.45, 2.75) is 51.5 Å². The average Bonchev–Trinajstić information content (AvgIpc) is 3.62. The van der Waals surface area contributed by atoms with Crippen molar-refractivity contribution in [2.75, 3.05) is 33.1 Å². The largest absolute Gasteiger partial charge is 0.481 e. The summed E-state index contributed by atoms with van der Waals surface area (Å²) in [5, 5.41) is 20.2. The second-order valence-corrected chi connectivity index (χ2v) is 12.9. The lowest BCUT2D eigenvalue weighted by Gasteiger charge is -2.35. The first-order valence-corrected chi connectivity index (χ1v) is 16.1. The predicted octanol–water partition coefficient (Wildman–Crippen LogP) is 3.99. The number of hydrogen-bond donors (Lipinski definition) is 4.